The maximum atomic E-state index is 12.4. The third kappa shape index (κ3) is 4.92. The molecule has 0 aliphatic rings. The summed E-state index contributed by atoms with van der Waals surface area (Å²) in [5.41, 5.74) is 2.05. The van der Waals surface area contributed by atoms with E-state index in [9.17, 15) is 18.3 Å². The topological polar surface area (TPSA) is 38.7 Å². The standard InChI is InChI=1S/C20H15F3O3/c21-20(22,23)26-19-11-16(10-17(24)12-19)15-6-8-18(9-7-15)25-13-14-4-2-1-3-5-14/h1-12,24H,13H2. The zero-order chi connectivity index (χ0) is 18.6. The van der Waals surface area contributed by atoms with E-state index in [0.717, 1.165) is 11.6 Å². The average molecular weight is 360 g/mol. The van der Waals surface area contributed by atoms with E-state index < -0.39 is 12.1 Å². The summed E-state index contributed by atoms with van der Waals surface area (Å²) in [6.45, 7) is 0.413. The highest BCUT2D eigenvalue weighted by Crippen LogP contribution is 2.33. The Balaban J connectivity index is 1.74. The summed E-state index contributed by atoms with van der Waals surface area (Å²) in [5.74, 6) is -0.160. The van der Waals surface area contributed by atoms with Gasteiger partial charge in [-0.05, 0) is 41.0 Å². The Labute approximate surface area is 148 Å². The number of hydrogen-bond donors (Lipinski definition) is 1. The number of phenolic OH excluding ortho intramolecular Hbond substituents is 1. The zero-order valence-corrected chi connectivity index (χ0v) is 13.5. The summed E-state index contributed by atoms with van der Waals surface area (Å²) in [7, 11) is 0. The van der Waals surface area contributed by atoms with Gasteiger partial charge in [-0.3, -0.25) is 0 Å². The van der Waals surface area contributed by atoms with Crippen molar-refractivity contribution >= 4 is 0 Å². The molecule has 3 aromatic rings. The predicted octanol–water partition coefficient (Wildman–Crippen LogP) is 5.54. The molecule has 0 spiro atoms. The van der Waals surface area contributed by atoms with Gasteiger partial charge in [0.2, 0.25) is 0 Å². The summed E-state index contributed by atoms with van der Waals surface area (Å²) in [4.78, 5) is 0. The van der Waals surface area contributed by atoms with Crippen LogP contribution in [0, 0.1) is 0 Å². The monoisotopic (exact) mass is 360 g/mol. The van der Waals surface area contributed by atoms with Crippen LogP contribution in [0.1, 0.15) is 5.56 Å². The number of rotatable bonds is 5. The lowest BCUT2D eigenvalue weighted by Crippen LogP contribution is -2.17. The zero-order valence-electron chi connectivity index (χ0n) is 13.5. The third-order valence-corrected chi connectivity index (χ3v) is 3.56. The van der Waals surface area contributed by atoms with E-state index >= 15 is 0 Å². The first-order chi connectivity index (χ1) is 12.4. The van der Waals surface area contributed by atoms with E-state index in [-0.39, 0.29) is 5.75 Å². The number of alkyl halides is 3. The van der Waals surface area contributed by atoms with Crippen LogP contribution < -0.4 is 9.47 Å². The average Bonchev–Trinajstić information content (AvgIpc) is 2.59. The SMILES string of the molecule is Oc1cc(OC(F)(F)F)cc(-c2ccc(OCc3ccccc3)cc2)c1. The van der Waals surface area contributed by atoms with Crippen molar-refractivity contribution in [2.45, 2.75) is 13.0 Å². The van der Waals surface area contributed by atoms with Gasteiger partial charge < -0.3 is 14.6 Å². The summed E-state index contributed by atoms with van der Waals surface area (Å²) in [6.07, 6.45) is -4.82. The minimum Gasteiger partial charge on any atom is -0.508 e. The van der Waals surface area contributed by atoms with Crippen LogP contribution in [0.5, 0.6) is 17.2 Å². The van der Waals surface area contributed by atoms with Gasteiger partial charge in [-0.25, -0.2) is 0 Å². The molecule has 0 aliphatic heterocycles. The van der Waals surface area contributed by atoms with Crippen LogP contribution in [0.2, 0.25) is 0 Å². The minimum atomic E-state index is -4.82. The maximum absolute atomic E-state index is 12.4. The van der Waals surface area contributed by atoms with Gasteiger partial charge in [0.05, 0.1) is 0 Å². The number of benzene rings is 3. The Hall–Kier alpha value is -3.15. The first-order valence-electron chi connectivity index (χ1n) is 7.76. The second-order valence-electron chi connectivity index (χ2n) is 5.56. The lowest BCUT2D eigenvalue weighted by molar-refractivity contribution is -0.274. The van der Waals surface area contributed by atoms with Gasteiger partial charge in [-0.2, -0.15) is 0 Å². The third-order valence-electron chi connectivity index (χ3n) is 3.56. The van der Waals surface area contributed by atoms with Crippen molar-refractivity contribution in [3.63, 3.8) is 0 Å². The first kappa shape index (κ1) is 17.7. The van der Waals surface area contributed by atoms with Crippen molar-refractivity contribution in [1.82, 2.24) is 0 Å². The molecule has 0 aliphatic carbocycles. The second kappa shape index (κ2) is 7.39. The molecule has 0 atom stereocenters. The predicted molar refractivity (Wildman–Crippen MR) is 91.0 cm³/mol. The van der Waals surface area contributed by atoms with Crippen molar-refractivity contribution in [2.75, 3.05) is 0 Å². The first-order valence-corrected chi connectivity index (χ1v) is 7.76. The molecule has 3 nitrogen and oxygen atoms in total. The van der Waals surface area contributed by atoms with Crippen molar-refractivity contribution in [1.29, 1.82) is 0 Å². The highest BCUT2D eigenvalue weighted by molar-refractivity contribution is 5.67. The minimum absolute atomic E-state index is 0.314. The molecule has 6 heteroatoms. The van der Waals surface area contributed by atoms with Crippen LogP contribution >= 0.6 is 0 Å². The fourth-order valence-electron chi connectivity index (χ4n) is 2.43. The van der Waals surface area contributed by atoms with Crippen LogP contribution in [0.25, 0.3) is 11.1 Å². The van der Waals surface area contributed by atoms with Gasteiger partial charge in [-0.1, -0.05) is 42.5 Å². The number of halogens is 3. The molecule has 0 saturated heterocycles. The molecule has 0 radical (unpaired) electrons. The number of aromatic hydroxyl groups is 1. The number of phenols is 1. The van der Waals surface area contributed by atoms with E-state index in [1.54, 1.807) is 24.3 Å². The van der Waals surface area contributed by atoms with E-state index in [1.165, 1.54) is 12.1 Å². The molecule has 0 saturated carbocycles. The van der Waals surface area contributed by atoms with Gasteiger partial charge in [0.1, 0.15) is 23.9 Å². The molecular formula is C20H15F3O3. The van der Waals surface area contributed by atoms with E-state index in [4.69, 9.17) is 4.74 Å². The Bertz CT molecular complexity index is 860. The van der Waals surface area contributed by atoms with Gasteiger partial charge >= 0.3 is 6.36 Å². The lowest BCUT2D eigenvalue weighted by atomic mass is 10.0. The van der Waals surface area contributed by atoms with Gasteiger partial charge in [0.15, 0.2) is 0 Å². The number of hydrogen-bond acceptors (Lipinski definition) is 3. The molecule has 26 heavy (non-hydrogen) atoms. The van der Waals surface area contributed by atoms with Crippen molar-refractivity contribution in [3.8, 4) is 28.4 Å². The molecular weight excluding hydrogens is 345 g/mol. The fraction of sp³-hybridized carbons (Fsp3) is 0.100. The molecule has 3 aromatic carbocycles. The molecule has 0 aromatic heterocycles. The summed E-state index contributed by atoms with van der Waals surface area (Å²) in [5, 5.41) is 9.64. The molecule has 134 valence electrons. The number of ether oxygens (including phenoxy) is 2. The Kier molecular flexibility index (Phi) is 5.02. The Morgan fingerprint density at radius 1 is 0.769 bits per heavy atom. The second-order valence-corrected chi connectivity index (χ2v) is 5.56. The van der Waals surface area contributed by atoms with E-state index in [0.29, 0.717) is 23.5 Å². The van der Waals surface area contributed by atoms with Gasteiger partial charge in [0.25, 0.3) is 0 Å². The van der Waals surface area contributed by atoms with E-state index in [2.05, 4.69) is 4.74 Å². The quantitative estimate of drug-likeness (QED) is 0.650. The molecule has 3 rings (SSSR count). The van der Waals surface area contributed by atoms with Crippen LogP contribution in [0.3, 0.4) is 0 Å². The molecule has 1 N–H and O–H groups in total. The van der Waals surface area contributed by atoms with Crippen molar-refractivity contribution < 1.29 is 27.8 Å². The maximum Gasteiger partial charge on any atom is 0.573 e. The molecule has 0 heterocycles. The highest BCUT2D eigenvalue weighted by Gasteiger charge is 2.31. The summed E-state index contributed by atoms with van der Waals surface area (Å²) < 4.78 is 46.6. The molecule has 0 fully saturated rings. The normalized spacial score (nSPS) is 11.2. The lowest BCUT2D eigenvalue weighted by Gasteiger charge is -2.11. The fourth-order valence-corrected chi connectivity index (χ4v) is 2.43. The highest BCUT2D eigenvalue weighted by atomic mass is 19.4. The van der Waals surface area contributed by atoms with Gasteiger partial charge in [-0.15, -0.1) is 13.2 Å². The summed E-state index contributed by atoms with van der Waals surface area (Å²) in [6, 6.07) is 20.0. The molecule has 0 bridgehead atoms. The molecule has 0 unspecified atom stereocenters. The van der Waals surface area contributed by atoms with Crippen molar-refractivity contribution in [3.05, 3.63) is 78.4 Å². The van der Waals surface area contributed by atoms with Crippen LogP contribution in [-0.4, -0.2) is 11.5 Å². The summed E-state index contributed by atoms with van der Waals surface area (Å²) >= 11 is 0. The molecule has 0 amide bonds. The van der Waals surface area contributed by atoms with Crippen molar-refractivity contribution in [2.24, 2.45) is 0 Å². The van der Waals surface area contributed by atoms with Crippen LogP contribution in [-0.2, 0) is 6.61 Å². The largest absolute Gasteiger partial charge is 0.573 e. The Morgan fingerprint density at radius 2 is 1.46 bits per heavy atom. The smallest absolute Gasteiger partial charge is 0.508 e. The van der Waals surface area contributed by atoms with Crippen LogP contribution in [0.15, 0.2) is 72.8 Å². The van der Waals surface area contributed by atoms with Gasteiger partial charge in [0, 0.05) is 6.07 Å². The Morgan fingerprint density at radius 3 is 2.12 bits per heavy atom. The van der Waals surface area contributed by atoms with Crippen LogP contribution in [0.4, 0.5) is 13.2 Å². The van der Waals surface area contributed by atoms with E-state index in [1.807, 2.05) is 30.3 Å².